The minimum atomic E-state index is -0.678. The van der Waals surface area contributed by atoms with E-state index in [9.17, 15) is 13.6 Å². The van der Waals surface area contributed by atoms with Crippen molar-refractivity contribution >= 4 is 17.7 Å². The minimum Gasteiger partial charge on any atom is -0.351 e. The highest BCUT2D eigenvalue weighted by Gasteiger charge is 2.17. The third-order valence-electron chi connectivity index (χ3n) is 4.42. The van der Waals surface area contributed by atoms with Crippen LogP contribution >= 0.6 is 11.8 Å². The molecule has 0 spiro atoms. The van der Waals surface area contributed by atoms with Crippen LogP contribution in [-0.2, 0) is 11.3 Å². The standard InChI is InChI=1S/C23H18F2N4OS/c24-18-11-16(12-19(25)13-18)14-26-21(30)15-31-23-28-27-22(17-7-3-1-4-8-17)29(23)20-9-5-2-6-10-20/h1-13H,14-15H2,(H,26,30). The molecular formula is C23H18F2N4OS. The molecule has 0 saturated carbocycles. The molecule has 8 heteroatoms. The van der Waals surface area contributed by atoms with Crippen LogP contribution in [0.2, 0.25) is 0 Å². The summed E-state index contributed by atoms with van der Waals surface area (Å²) in [6.07, 6.45) is 0. The van der Waals surface area contributed by atoms with Gasteiger partial charge >= 0.3 is 0 Å². The lowest BCUT2D eigenvalue weighted by atomic mass is 10.2. The van der Waals surface area contributed by atoms with Gasteiger partial charge in [-0.1, -0.05) is 60.3 Å². The topological polar surface area (TPSA) is 59.8 Å². The SMILES string of the molecule is O=C(CSc1nnc(-c2ccccc2)n1-c1ccccc1)NCc1cc(F)cc(F)c1. The van der Waals surface area contributed by atoms with Crippen LogP contribution in [0.5, 0.6) is 0 Å². The first kappa shape index (κ1) is 20.7. The van der Waals surface area contributed by atoms with Gasteiger partial charge in [-0.25, -0.2) is 8.78 Å². The fourth-order valence-electron chi connectivity index (χ4n) is 3.04. The summed E-state index contributed by atoms with van der Waals surface area (Å²) in [6.45, 7) is 0.0364. The van der Waals surface area contributed by atoms with E-state index >= 15 is 0 Å². The van der Waals surface area contributed by atoms with Crippen LogP contribution in [0.15, 0.2) is 84.0 Å². The molecular weight excluding hydrogens is 418 g/mol. The number of amides is 1. The number of rotatable bonds is 7. The fourth-order valence-corrected chi connectivity index (χ4v) is 3.82. The van der Waals surface area contributed by atoms with E-state index in [4.69, 9.17) is 0 Å². The first-order valence-corrected chi connectivity index (χ1v) is 10.5. The van der Waals surface area contributed by atoms with Crippen LogP contribution in [0.25, 0.3) is 17.1 Å². The van der Waals surface area contributed by atoms with Gasteiger partial charge in [0.05, 0.1) is 5.75 Å². The quantitative estimate of drug-likeness (QED) is 0.430. The lowest BCUT2D eigenvalue weighted by Crippen LogP contribution is -2.24. The third-order valence-corrected chi connectivity index (χ3v) is 5.35. The van der Waals surface area contributed by atoms with Crippen LogP contribution < -0.4 is 5.32 Å². The fraction of sp³-hybridized carbons (Fsp3) is 0.0870. The Bertz CT molecular complexity index is 1160. The highest BCUT2D eigenvalue weighted by molar-refractivity contribution is 7.99. The minimum absolute atomic E-state index is 0.0364. The van der Waals surface area contributed by atoms with E-state index in [1.807, 2.05) is 65.2 Å². The molecule has 4 aromatic rings. The van der Waals surface area contributed by atoms with E-state index < -0.39 is 11.6 Å². The number of nitrogens with one attached hydrogen (secondary N) is 1. The molecule has 1 N–H and O–H groups in total. The number of hydrogen-bond acceptors (Lipinski definition) is 4. The van der Waals surface area contributed by atoms with E-state index in [2.05, 4.69) is 15.5 Å². The average molecular weight is 436 g/mol. The van der Waals surface area contributed by atoms with Crippen molar-refractivity contribution in [3.8, 4) is 17.1 Å². The van der Waals surface area contributed by atoms with Gasteiger partial charge in [0.1, 0.15) is 11.6 Å². The van der Waals surface area contributed by atoms with Gasteiger partial charge in [-0.3, -0.25) is 9.36 Å². The van der Waals surface area contributed by atoms with Crippen LogP contribution in [0, 0.1) is 11.6 Å². The highest BCUT2D eigenvalue weighted by atomic mass is 32.2. The molecule has 0 atom stereocenters. The Balaban J connectivity index is 1.49. The Hall–Kier alpha value is -3.52. The summed E-state index contributed by atoms with van der Waals surface area (Å²) in [6, 6.07) is 22.5. The summed E-state index contributed by atoms with van der Waals surface area (Å²) < 4.78 is 28.5. The van der Waals surface area contributed by atoms with Gasteiger partial charge in [0.25, 0.3) is 0 Å². The predicted octanol–water partition coefficient (Wildman–Crippen LogP) is 4.62. The van der Waals surface area contributed by atoms with Crippen molar-refractivity contribution in [2.24, 2.45) is 0 Å². The number of hydrogen-bond donors (Lipinski definition) is 1. The molecule has 1 heterocycles. The number of halogens is 2. The Morgan fingerprint density at radius 3 is 2.23 bits per heavy atom. The molecule has 0 fully saturated rings. The number of nitrogens with zero attached hydrogens (tertiary/aromatic N) is 3. The zero-order chi connectivity index (χ0) is 21.6. The average Bonchev–Trinajstić information content (AvgIpc) is 3.21. The normalized spacial score (nSPS) is 10.8. The molecule has 1 amide bonds. The number of aromatic nitrogens is 3. The second-order valence-electron chi connectivity index (χ2n) is 6.69. The number of thioether (sulfide) groups is 1. The molecule has 0 saturated heterocycles. The van der Waals surface area contributed by atoms with Crippen molar-refractivity contribution in [1.82, 2.24) is 20.1 Å². The van der Waals surface area contributed by atoms with Crippen molar-refractivity contribution in [1.29, 1.82) is 0 Å². The summed E-state index contributed by atoms with van der Waals surface area (Å²) in [4.78, 5) is 12.3. The van der Waals surface area contributed by atoms with Crippen molar-refractivity contribution in [3.63, 3.8) is 0 Å². The molecule has 5 nitrogen and oxygen atoms in total. The Morgan fingerprint density at radius 1 is 0.903 bits per heavy atom. The maximum atomic E-state index is 13.3. The van der Waals surface area contributed by atoms with Gasteiger partial charge in [-0.05, 0) is 29.8 Å². The number of carbonyl (C=O) groups excluding carboxylic acids is 1. The molecule has 0 bridgehead atoms. The summed E-state index contributed by atoms with van der Waals surface area (Å²) in [5.74, 6) is -0.882. The summed E-state index contributed by atoms with van der Waals surface area (Å²) in [7, 11) is 0. The van der Waals surface area contributed by atoms with Gasteiger partial charge in [0.2, 0.25) is 5.91 Å². The zero-order valence-electron chi connectivity index (χ0n) is 16.3. The van der Waals surface area contributed by atoms with Crippen molar-refractivity contribution in [2.45, 2.75) is 11.7 Å². The third kappa shape index (κ3) is 5.16. The lowest BCUT2D eigenvalue weighted by molar-refractivity contribution is -0.118. The van der Waals surface area contributed by atoms with Gasteiger partial charge in [0, 0.05) is 23.9 Å². The molecule has 1 aromatic heterocycles. The Labute approximate surface area is 182 Å². The summed E-state index contributed by atoms with van der Waals surface area (Å²) >= 11 is 1.24. The smallest absolute Gasteiger partial charge is 0.230 e. The van der Waals surface area contributed by atoms with Gasteiger partial charge in [0.15, 0.2) is 11.0 Å². The molecule has 3 aromatic carbocycles. The lowest BCUT2D eigenvalue weighted by Gasteiger charge is -2.10. The van der Waals surface area contributed by atoms with E-state index in [0.717, 1.165) is 17.3 Å². The predicted molar refractivity (Wildman–Crippen MR) is 116 cm³/mol. The Morgan fingerprint density at radius 2 is 1.55 bits per heavy atom. The molecule has 0 radical (unpaired) electrons. The molecule has 0 aliphatic rings. The van der Waals surface area contributed by atoms with E-state index in [1.54, 1.807) is 0 Å². The summed E-state index contributed by atoms with van der Waals surface area (Å²) in [5, 5.41) is 11.8. The Kier molecular flexibility index (Phi) is 6.37. The van der Waals surface area contributed by atoms with Crippen LogP contribution in [0.4, 0.5) is 8.78 Å². The zero-order valence-corrected chi connectivity index (χ0v) is 17.2. The van der Waals surface area contributed by atoms with E-state index in [0.29, 0.717) is 16.5 Å². The molecule has 156 valence electrons. The number of para-hydroxylation sites is 1. The summed E-state index contributed by atoms with van der Waals surface area (Å²) in [5.41, 5.74) is 2.14. The first-order valence-electron chi connectivity index (χ1n) is 9.51. The maximum absolute atomic E-state index is 13.3. The van der Waals surface area contributed by atoms with Crippen molar-refractivity contribution in [3.05, 3.63) is 96.1 Å². The largest absolute Gasteiger partial charge is 0.351 e. The van der Waals surface area contributed by atoms with E-state index in [1.165, 1.54) is 23.9 Å². The van der Waals surface area contributed by atoms with Gasteiger partial charge < -0.3 is 5.32 Å². The van der Waals surface area contributed by atoms with Crippen LogP contribution in [0.1, 0.15) is 5.56 Å². The highest BCUT2D eigenvalue weighted by Crippen LogP contribution is 2.27. The van der Waals surface area contributed by atoms with Crippen LogP contribution in [-0.4, -0.2) is 26.4 Å². The van der Waals surface area contributed by atoms with Crippen LogP contribution in [0.3, 0.4) is 0 Å². The molecule has 4 rings (SSSR count). The molecule has 0 aliphatic heterocycles. The van der Waals surface area contributed by atoms with Gasteiger partial charge in [-0.15, -0.1) is 10.2 Å². The monoisotopic (exact) mass is 436 g/mol. The number of benzene rings is 3. The van der Waals surface area contributed by atoms with Crippen molar-refractivity contribution < 1.29 is 13.6 Å². The van der Waals surface area contributed by atoms with E-state index in [-0.39, 0.29) is 18.2 Å². The number of carbonyl (C=O) groups is 1. The van der Waals surface area contributed by atoms with Crippen molar-refractivity contribution in [2.75, 3.05) is 5.75 Å². The molecule has 0 unspecified atom stereocenters. The second-order valence-corrected chi connectivity index (χ2v) is 7.63. The maximum Gasteiger partial charge on any atom is 0.230 e. The first-order chi connectivity index (χ1) is 15.1. The molecule has 31 heavy (non-hydrogen) atoms. The molecule has 0 aliphatic carbocycles. The second kappa shape index (κ2) is 9.53. The van der Waals surface area contributed by atoms with Gasteiger partial charge in [-0.2, -0.15) is 0 Å².